The van der Waals surface area contributed by atoms with Gasteiger partial charge in [-0.15, -0.1) is 0 Å². The summed E-state index contributed by atoms with van der Waals surface area (Å²) in [5.74, 6) is 0.184. The number of nitro groups is 1. The topological polar surface area (TPSA) is 88.4 Å². The van der Waals surface area contributed by atoms with E-state index in [4.69, 9.17) is 11.6 Å². The third kappa shape index (κ3) is 3.68. The van der Waals surface area contributed by atoms with E-state index in [0.29, 0.717) is 19.0 Å². The minimum Gasteiger partial charge on any atom is -0.338 e. The first kappa shape index (κ1) is 15.7. The monoisotopic (exact) mass is 312 g/mol. The van der Waals surface area contributed by atoms with Crippen LogP contribution in [0.4, 0.5) is 5.69 Å². The number of rotatable bonds is 4. The fourth-order valence-electron chi connectivity index (χ4n) is 2.54. The number of aromatic nitrogens is 1. The minimum atomic E-state index is -0.607. The van der Waals surface area contributed by atoms with Crippen molar-refractivity contribution < 1.29 is 9.72 Å². The lowest BCUT2D eigenvalue weighted by atomic mass is 9.96. The quantitative estimate of drug-likeness (QED) is 0.519. The molecule has 114 valence electrons. The lowest BCUT2D eigenvalue weighted by Gasteiger charge is -2.31. The first-order chi connectivity index (χ1) is 10.0. The number of piperidine rings is 1. The van der Waals surface area contributed by atoms with E-state index in [0.717, 1.165) is 25.6 Å². The average Bonchev–Trinajstić information content (AvgIpc) is 2.47. The maximum Gasteiger partial charge on any atom is 0.300 e. The number of pyridine rings is 1. The van der Waals surface area contributed by atoms with Crippen LogP contribution in [0.15, 0.2) is 12.3 Å². The SMILES string of the molecule is CNCC1CCN(C(=O)c2cc(Cl)ncc2[N+](=O)[O-])CC1. The Balaban J connectivity index is 2.14. The molecule has 1 N–H and O–H groups in total. The molecule has 1 aromatic heterocycles. The molecule has 2 heterocycles. The molecule has 0 radical (unpaired) electrons. The van der Waals surface area contributed by atoms with Gasteiger partial charge in [0.25, 0.3) is 11.6 Å². The summed E-state index contributed by atoms with van der Waals surface area (Å²) in [6, 6.07) is 1.27. The Bertz CT molecular complexity index is 544. The molecular formula is C13H17ClN4O3. The molecule has 1 aliphatic rings. The van der Waals surface area contributed by atoms with Crippen molar-refractivity contribution in [1.29, 1.82) is 0 Å². The summed E-state index contributed by atoms with van der Waals surface area (Å²) in [6.07, 6.45) is 2.81. The minimum absolute atomic E-state index is 0.00654. The lowest BCUT2D eigenvalue weighted by molar-refractivity contribution is -0.385. The van der Waals surface area contributed by atoms with Gasteiger partial charge in [0.1, 0.15) is 16.9 Å². The first-order valence-electron chi connectivity index (χ1n) is 6.76. The molecule has 1 fully saturated rings. The van der Waals surface area contributed by atoms with Crippen LogP contribution in [0.2, 0.25) is 5.15 Å². The van der Waals surface area contributed by atoms with Crippen molar-refractivity contribution in [1.82, 2.24) is 15.2 Å². The Labute approximate surface area is 127 Å². The van der Waals surface area contributed by atoms with Crippen molar-refractivity contribution in [2.24, 2.45) is 5.92 Å². The summed E-state index contributed by atoms with van der Waals surface area (Å²) >= 11 is 5.76. The highest BCUT2D eigenvalue weighted by atomic mass is 35.5. The van der Waals surface area contributed by atoms with Crippen molar-refractivity contribution in [2.45, 2.75) is 12.8 Å². The van der Waals surface area contributed by atoms with E-state index in [1.54, 1.807) is 4.90 Å². The first-order valence-corrected chi connectivity index (χ1v) is 7.14. The van der Waals surface area contributed by atoms with Crippen LogP contribution in [0.25, 0.3) is 0 Å². The van der Waals surface area contributed by atoms with Gasteiger partial charge in [0, 0.05) is 13.1 Å². The smallest absolute Gasteiger partial charge is 0.300 e. The standard InChI is InChI=1S/C13H17ClN4O3/c1-15-7-9-2-4-17(5-3-9)13(19)10-6-12(14)16-8-11(10)18(20)21/h6,8-9,15H,2-5,7H2,1H3. The highest BCUT2D eigenvalue weighted by molar-refractivity contribution is 6.29. The van der Waals surface area contributed by atoms with E-state index in [-0.39, 0.29) is 22.3 Å². The van der Waals surface area contributed by atoms with Crippen LogP contribution in [0.3, 0.4) is 0 Å². The van der Waals surface area contributed by atoms with Crippen LogP contribution in [-0.4, -0.2) is 47.4 Å². The van der Waals surface area contributed by atoms with E-state index in [2.05, 4.69) is 10.3 Å². The van der Waals surface area contributed by atoms with Gasteiger partial charge in [0.05, 0.1) is 4.92 Å². The maximum absolute atomic E-state index is 12.5. The second-order valence-electron chi connectivity index (χ2n) is 5.07. The number of halogens is 1. The highest BCUT2D eigenvalue weighted by Gasteiger charge is 2.28. The van der Waals surface area contributed by atoms with Crippen LogP contribution >= 0.6 is 11.6 Å². The lowest BCUT2D eigenvalue weighted by Crippen LogP contribution is -2.40. The highest BCUT2D eigenvalue weighted by Crippen LogP contribution is 2.24. The van der Waals surface area contributed by atoms with E-state index in [9.17, 15) is 14.9 Å². The van der Waals surface area contributed by atoms with Gasteiger partial charge in [-0.1, -0.05) is 11.6 Å². The number of carbonyl (C=O) groups is 1. The molecule has 0 unspecified atom stereocenters. The number of hydrogen-bond acceptors (Lipinski definition) is 5. The van der Waals surface area contributed by atoms with E-state index in [1.807, 2.05) is 7.05 Å². The van der Waals surface area contributed by atoms with Crippen molar-refractivity contribution in [3.8, 4) is 0 Å². The second-order valence-corrected chi connectivity index (χ2v) is 5.46. The third-order valence-electron chi connectivity index (χ3n) is 3.67. The number of hydrogen-bond donors (Lipinski definition) is 1. The summed E-state index contributed by atoms with van der Waals surface area (Å²) in [6.45, 7) is 2.12. The summed E-state index contributed by atoms with van der Waals surface area (Å²) in [5, 5.41) is 14.2. The maximum atomic E-state index is 12.5. The van der Waals surface area contributed by atoms with E-state index in [1.165, 1.54) is 6.07 Å². The van der Waals surface area contributed by atoms with Crippen molar-refractivity contribution in [3.63, 3.8) is 0 Å². The predicted octanol–water partition coefficient (Wildman–Crippen LogP) is 1.71. The number of amides is 1. The van der Waals surface area contributed by atoms with Crippen LogP contribution in [-0.2, 0) is 0 Å². The summed E-state index contributed by atoms with van der Waals surface area (Å²) < 4.78 is 0. The fraction of sp³-hybridized carbons (Fsp3) is 0.538. The van der Waals surface area contributed by atoms with Crippen LogP contribution in [0.1, 0.15) is 23.2 Å². The van der Waals surface area contributed by atoms with Gasteiger partial charge in [-0.2, -0.15) is 0 Å². The number of likely N-dealkylation sites (tertiary alicyclic amines) is 1. The molecule has 0 aromatic carbocycles. The normalized spacial score (nSPS) is 16.0. The second kappa shape index (κ2) is 6.82. The molecule has 0 saturated carbocycles. The fourth-order valence-corrected chi connectivity index (χ4v) is 2.70. The van der Waals surface area contributed by atoms with Gasteiger partial charge in [-0.25, -0.2) is 4.98 Å². The summed E-state index contributed by atoms with van der Waals surface area (Å²) in [5.41, 5.74) is -0.297. The largest absolute Gasteiger partial charge is 0.338 e. The average molecular weight is 313 g/mol. The molecule has 0 atom stereocenters. The molecule has 8 heteroatoms. The van der Waals surface area contributed by atoms with Gasteiger partial charge in [0.2, 0.25) is 0 Å². The Morgan fingerprint density at radius 3 is 2.81 bits per heavy atom. The van der Waals surface area contributed by atoms with Crippen molar-refractivity contribution in [2.75, 3.05) is 26.7 Å². The number of carbonyl (C=O) groups excluding carboxylic acids is 1. The van der Waals surface area contributed by atoms with E-state index >= 15 is 0 Å². The Morgan fingerprint density at radius 1 is 1.57 bits per heavy atom. The zero-order valence-corrected chi connectivity index (χ0v) is 12.5. The van der Waals surface area contributed by atoms with Gasteiger partial charge in [-0.3, -0.25) is 14.9 Å². The molecule has 21 heavy (non-hydrogen) atoms. The molecular weight excluding hydrogens is 296 g/mol. The zero-order valence-electron chi connectivity index (χ0n) is 11.7. The molecule has 0 spiro atoms. The molecule has 0 aliphatic carbocycles. The van der Waals surface area contributed by atoms with Crippen LogP contribution < -0.4 is 5.32 Å². The van der Waals surface area contributed by atoms with Crippen LogP contribution in [0.5, 0.6) is 0 Å². The summed E-state index contributed by atoms with van der Waals surface area (Å²) in [4.78, 5) is 28.2. The van der Waals surface area contributed by atoms with E-state index < -0.39 is 4.92 Å². The third-order valence-corrected chi connectivity index (χ3v) is 3.88. The molecule has 1 aromatic rings. The van der Waals surface area contributed by atoms with Crippen LogP contribution in [0, 0.1) is 16.0 Å². The molecule has 1 aliphatic heterocycles. The number of nitrogens with one attached hydrogen (secondary N) is 1. The van der Waals surface area contributed by atoms with Gasteiger partial charge >= 0.3 is 0 Å². The molecule has 1 amide bonds. The van der Waals surface area contributed by atoms with Gasteiger partial charge < -0.3 is 10.2 Å². The Hall–Kier alpha value is -1.73. The zero-order chi connectivity index (χ0) is 15.4. The Kier molecular flexibility index (Phi) is 5.08. The van der Waals surface area contributed by atoms with Gasteiger partial charge in [-0.05, 0) is 38.4 Å². The van der Waals surface area contributed by atoms with Gasteiger partial charge in [0.15, 0.2) is 0 Å². The van der Waals surface area contributed by atoms with Crippen molar-refractivity contribution >= 4 is 23.2 Å². The molecule has 0 bridgehead atoms. The summed E-state index contributed by atoms with van der Waals surface area (Å²) in [7, 11) is 1.90. The Morgan fingerprint density at radius 2 is 2.24 bits per heavy atom. The number of nitrogens with zero attached hydrogens (tertiary/aromatic N) is 3. The molecule has 1 saturated heterocycles. The van der Waals surface area contributed by atoms with Crippen molar-refractivity contribution in [3.05, 3.63) is 33.1 Å². The molecule has 7 nitrogen and oxygen atoms in total. The predicted molar refractivity (Wildman–Crippen MR) is 78.5 cm³/mol. The molecule has 2 rings (SSSR count).